The van der Waals surface area contributed by atoms with Crippen molar-refractivity contribution in [2.45, 2.75) is 173 Å². The van der Waals surface area contributed by atoms with Crippen molar-refractivity contribution in [1.29, 1.82) is 0 Å². The minimum Gasteiger partial charge on any atom is -0.455 e. The van der Waals surface area contributed by atoms with Crippen LogP contribution in [0.4, 0.5) is 53.5 Å². The van der Waals surface area contributed by atoms with E-state index >= 15 is 0 Å². The van der Waals surface area contributed by atoms with Gasteiger partial charge in [0.25, 0.3) is 23.6 Å². The average Bonchev–Trinajstić information content (AvgIpc) is 0.813. The van der Waals surface area contributed by atoms with E-state index < -0.39 is 92.5 Å². The second-order valence-corrected chi connectivity index (χ2v) is 42.2. The molecule has 0 atom stereocenters. The molecular weight excluding hydrogens is 1860 g/mol. The minimum absolute atomic E-state index is 0. The van der Waals surface area contributed by atoms with Gasteiger partial charge in [0.1, 0.15) is 57.5 Å². The van der Waals surface area contributed by atoms with Crippen LogP contribution in [0.3, 0.4) is 0 Å². The molecule has 27 nitrogen and oxygen atoms in total. The number of sulfone groups is 4. The molecule has 4 N–H and O–H groups in total. The zero-order valence-corrected chi connectivity index (χ0v) is 77.6. The van der Waals surface area contributed by atoms with E-state index in [4.69, 9.17) is 30.5 Å². The van der Waals surface area contributed by atoms with Crippen molar-refractivity contribution in [2.24, 2.45) is 0 Å². The Morgan fingerprint density at radius 3 is 0.970 bits per heavy atom. The molecule has 39 heteroatoms. The molecule has 0 saturated carbocycles. The van der Waals surface area contributed by atoms with Crippen LogP contribution in [-0.2, 0) is 73.4 Å². The molecule has 0 aliphatic carbocycles. The lowest BCUT2D eigenvalue weighted by Crippen LogP contribution is -2.16. The van der Waals surface area contributed by atoms with Crippen molar-refractivity contribution in [3.8, 4) is 46.1 Å². The summed E-state index contributed by atoms with van der Waals surface area (Å²) in [6.07, 6.45) is 7.55. The highest BCUT2D eigenvalue weighted by molar-refractivity contribution is 7.91. The number of aryl methyl sites for hydroxylation is 1. The van der Waals surface area contributed by atoms with Crippen LogP contribution in [0.25, 0.3) is 0 Å². The van der Waals surface area contributed by atoms with Crippen LogP contribution in [0.2, 0.25) is 5.02 Å². The Bertz CT molecular complexity index is 6820. The number of benzene rings is 5. The van der Waals surface area contributed by atoms with Gasteiger partial charge in [-0.25, -0.2) is 48.0 Å². The maximum Gasteiger partial charge on any atom is 0.433 e. The highest BCUT2D eigenvalue weighted by atomic mass is 35.5. The SMILES string of the molecule is C.C.C.C.CC(C)(C)c1ccc(C(=O)Nc2cncc(S(C)(=O)=O)c2)c(Oc2ccc(C(F)(F)F)nc2)c1.CC(C)(C)c1ccc(C(=O)Nc2cncc(S(C)(=O)=O)c2)c(Oc2ccc(F)cc2Cl)c1.CC(C)(C)c1ccc(C(=O)Nc2cncc(S(C)(=O)=O)c2)c(Oc2cccc(C(F)(F)F)n2)c1.Cc1ncccc1Oc1cc(C(C)(C)C)ccc1C(=O)Nc1cncc(S(C)(=O)=O)c1.[HH].[HH].[HH].[HH]. The Morgan fingerprint density at radius 1 is 0.348 bits per heavy atom. The standard InChI is InChI=1S/C23H22ClFN2O4S.2C23H22F3N3O4S.C23H25N3O4S.4CH4.4H2/c1-23(2,3)14-5-7-18(21(9-14)31-20-8-6-15(25)10-19(20)24)22(28)27-16-11-17(13-26-12-16)32(4,29)30;1-22(2,3)14-5-7-18(21(30)29-15-10-17(13-27-11-15)34(4,31)32)19(9-14)33-16-6-8-20(28-12-16)23(24,25)26;1-22(2,3)14-8-9-17(21(30)28-15-11-16(13-27-12-15)34(4,31)32)18(10-14)33-20-7-5-6-19(29-20)23(24,25)26;1-15-20(7-6-10-25-15)30-21-11-16(23(2,3)4)8-9-19(21)22(27)26-17-12-18(14-24-13-17)31(5,28)29;;;;;;;;/h5-13H,1-4H3,(H,27,28);5-13H,1-4H3,(H,29,30);5-13H,1-4H3,(H,28,30);6-14H,1-5H3,(H,26,27);4*1H4;4*1H. The van der Waals surface area contributed by atoms with Gasteiger partial charge in [0.15, 0.2) is 39.3 Å². The molecule has 7 heterocycles. The molecule has 0 aliphatic rings. The fourth-order valence-corrected chi connectivity index (χ4v) is 14.0. The van der Waals surface area contributed by atoms with E-state index in [1.165, 1.54) is 91.8 Å². The second-order valence-electron chi connectivity index (χ2n) is 33.7. The number of aromatic nitrogens is 7. The fraction of sp³-hybridized carbons (Fsp3) is 0.281. The van der Waals surface area contributed by atoms with Crippen LogP contribution in [0.5, 0.6) is 46.1 Å². The van der Waals surface area contributed by atoms with Gasteiger partial charge in [-0.15, -0.1) is 0 Å². The summed E-state index contributed by atoms with van der Waals surface area (Å²) < 4.78 is 209. The largest absolute Gasteiger partial charge is 0.455 e. The van der Waals surface area contributed by atoms with Crippen LogP contribution in [0, 0.1) is 12.7 Å². The summed E-state index contributed by atoms with van der Waals surface area (Å²) in [5.41, 5.74) is 2.30. The number of pyridine rings is 7. The summed E-state index contributed by atoms with van der Waals surface area (Å²) in [6, 6.07) is 37.7. The summed E-state index contributed by atoms with van der Waals surface area (Å²) >= 11 is 6.10. The van der Waals surface area contributed by atoms with Gasteiger partial charge in [-0.1, -0.05) is 155 Å². The minimum atomic E-state index is -4.66. The number of nitrogens with zero attached hydrogens (tertiary/aromatic N) is 7. The van der Waals surface area contributed by atoms with Gasteiger partial charge in [-0.3, -0.25) is 44.1 Å². The van der Waals surface area contributed by atoms with Crippen LogP contribution >= 0.6 is 11.6 Å². The first-order chi connectivity index (χ1) is 60.6. The van der Waals surface area contributed by atoms with Crippen molar-refractivity contribution >= 4 is 97.3 Å². The lowest BCUT2D eigenvalue weighted by atomic mass is 9.86. The lowest BCUT2D eigenvalue weighted by Gasteiger charge is -2.21. The number of anilines is 4. The summed E-state index contributed by atoms with van der Waals surface area (Å²) in [6.45, 7) is 25.7. The quantitative estimate of drug-likeness (QED) is 0.0515. The smallest absolute Gasteiger partial charge is 0.433 e. The topological polar surface area (TPSA) is 380 Å². The number of nitrogens with one attached hydrogen (secondary N) is 4. The molecule has 0 unspecified atom stereocenters. The summed E-state index contributed by atoms with van der Waals surface area (Å²) in [4.78, 5) is 78.5. The number of ether oxygens (including phenoxy) is 4. The third-order valence-electron chi connectivity index (χ3n) is 18.7. The van der Waals surface area contributed by atoms with Gasteiger partial charge in [0.05, 0.1) is 106 Å². The molecule has 0 radical (unpaired) electrons. The zero-order valence-electron chi connectivity index (χ0n) is 73.6. The van der Waals surface area contributed by atoms with Crippen molar-refractivity contribution in [3.05, 3.63) is 292 Å². The van der Waals surface area contributed by atoms with E-state index in [9.17, 15) is 83.6 Å². The molecule has 7 aromatic heterocycles. The van der Waals surface area contributed by atoms with E-state index in [1.54, 1.807) is 66.9 Å². The number of carbonyl (C=O) groups is 4. The molecule has 730 valence electrons. The Hall–Kier alpha value is -13.2. The highest BCUT2D eigenvalue weighted by Crippen LogP contribution is 2.41. The molecule has 5 aromatic carbocycles. The molecular formula is C96H115ClF7N11O16S4. The maximum absolute atomic E-state index is 13.4. The second kappa shape index (κ2) is 44.8. The lowest BCUT2D eigenvalue weighted by molar-refractivity contribution is -0.142. The first-order valence-corrected chi connectivity index (χ1v) is 47.1. The zero-order chi connectivity index (χ0) is 97.1. The van der Waals surface area contributed by atoms with Crippen LogP contribution < -0.4 is 40.2 Å². The van der Waals surface area contributed by atoms with E-state index in [2.05, 4.69) is 76.9 Å². The molecule has 0 saturated heterocycles. The van der Waals surface area contributed by atoms with Gasteiger partial charge < -0.3 is 40.2 Å². The predicted octanol–water partition coefficient (Wildman–Crippen LogP) is 24.2. The highest BCUT2D eigenvalue weighted by Gasteiger charge is 2.35. The number of hydrogen-bond donors (Lipinski definition) is 4. The molecule has 12 rings (SSSR count). The Morgan fingerprint density at radius 2 is 0.674 bits per heavy atom. The Labute approximate surface area is 793 Å². The van der Waals surface area contributed by atoms with Crippen LogP contribution in [-0.4, -0.2) is 117 Å². The Balaban J connectivity index is 0.000000910. The number of carbonyl (C=O) groups excluding carboxylic acids is 4. The molecule has 4 amide bonds. The van der Waals surface area contributed by atoms with Gasteiger partial charge >= 0.3 is 12.4 Å². The fourth-order valence-electron chi connectivity index (χ4n) is 11.4. The van der Waals surface area contributed by atoms with E-state index in [1.807, 2.05) is 81.4 Å². The summed E-state index contributed by atoms with van der Waals surface area (Å²) in [5.74, 6) is -1.69. The number of rotatable bonds is 20. The monoisotopic (exact) mass is 1970 g/mol. The van der Waals surface area contributed by atoms with Gasteiger partial charge in [0, 0.05) is 67.8 Å². The third kappa shape index (κ3) is 32.0. The van der Waals surface area contributed by atoms with E-state index in [0.717, 1.165) is 96.2 Å². The molecule has 0 bridgehead atoms. The van der Waals surface area contributed by atoms with E-state index in [-0.39, 0.29) is 156 Å². The number of alkyl halides is 6. The Kier molecular flexibility index (Phi) is 37.3. The van der Waals surface area contributed by atoms with Gasteiger partial charge in [-0.05, 0) is 172 Å². The molecule has 0 fully saturated rings. The molecule has 0 aliphatic heterocycles. The molecule has 12 aromatic rings. The van der Waals surface area contributed by atoms with Crippen LogP contribution in [0.15, 0.2) is 239 Å². The van der Waals surface area contributed by atoms with Gasteiger partial charge in [0.2, 0.25) is 5.88 Å². The van der Waals surface area contributed by atoms with Gasteiger partial charge in [-0.2, -0.15) is 26.3 Å². The summed E-state index contributed by atoms with van der Waals surface area (Å²) in [5, 5.41) is 10.5. The number of hydrogen-bond acceptors (Lipinski definition) is 23. The van der Waals surface area contributed by atoms with E-state index in [0.29, 0.717) is 22.8 Å². The normalized spacial score (nSPS) is 11.7. The van der Waals surface area contributed by atoms with Crippen molar-refractivity contribution in [1.82, 2.24) is 34.9 Å². The van der Waals surface area contributed by atoms with Crippen molar-refractivity contribution < 1.29 is 108 Å². The molecule has 135 heavy (non-hydrogen) atoms. The summed E-state index contributed by atoms with van der Waals surface area (Å²) in [7, 11) is -14.0. The number of halogens is 8. The predicted molar refractivity (Wildman–Crippen MR) is 516 cm³/mol. The first-order valence-electron chi connectivity index (χ1n) is 39.2. The van der Waals surface area contributed by atoms with Crippen LogP contribution in [0.1, 0.15) is 199 Å². The average molecular weight is 1980 g/mol. The van der Waals surface area contributed by atoms with Crippen molar-refractivity contribution in [2.75, 3.05) is 46.3 Å². The number of amides is 4. The third-order valence-corrected chi connectivity index (χ3v) is 23.4. The maximum atomic E-state index is 13.4. The molecule has 0 spiro atoms. The first kappa shape index (κ1) is 112. The van der Waals surface area contributed by atoms with Crippen molar-refractivity contribution in [3.63, 3.8) is 0 Å².